The van der Waals surface area contributed by atoms with Crippen LogP contribution in [0.25, 0.3) is 4.85 Å². The van der Waals surface area contributed by atoms with Crippen LogP contribution in [0.15, 0.2) is 11.8 Å². The van der Waals surface area contributed by atoms with Crippen molar-refractivity contribution in [3.63, 3.8) is 0 Å². The summed E-state index contributed by atoms with van der Waals surface area (Å²) in [5.74, 6) is -0.965. The Morgan fingerprint density at radius 3 is 2.62 bits per heavy atom. The molecule has 3 nitrogen and oxygen atoms in total. The molecule has 0 saturated carbocycles. The van der Waals surface area contributed by atoms with Gasteiger partial charge in [0.05, 0.1) is 6.57 Å². The van der Waals surface area contributed by atoms with Crippen LogP contribution in [0.3, 0.4) is 0 Å². The van der Waals surface area contributed by atoms with Crippen molar-refractivity contribution < 1.29 is 9.90 Å². The average molecular weight is 181 g/mol. The maximum absolute atomic E-state index is 10.5. The van der Waals surface area contributed by atoms with Crippen molar-refractivity contribution in [1.29, 1.82) is 0 Å². The molecule has 0 aliphatic heterocycles. The highest BCUT2D eigenvalue weighted by atomic mass is 16.4. The van der Waals surface area contributed by atoms with Crippen LogP contribution in [0.1, 0.15) is 39.0 Å². The van der Waals surface area contributed by atoms with Crippen LogP contribution in [-0.2, 0) is 4.79 Å². The fourth-order valence-corrected chi connectivity index (χ4v) is 1.05. The lowest BCUT2D eigenvalue weighted by atomic mass is 10.1. The molecule has 0 aromatic carbocycles. The highest BCUT2D eigenvalue weighted by molar-refractivity contribution is 5.86. The summed E-state index contributed by atoms with van der Waals surface area (Å²) in [7, 11) is 0. The summed E-state index contributed by atoms with van der Waals surface area (Å²) in [4.78, 5) is 13.5. The molecule has 0 aliphatic carbocycles. The fraction of sp³-hybridized carbons (Fsp3) is 0.600. The Labute approximate surface area is 78.9 Å². The first-order valence-corrected chi connectivity index (χ1v) is 4.51. The Hall–Kier alpha value is -1.30. The third-order valence-corrected chi connectivity index (χ3v) is 1.79. The number of aliphatic carboxylic acids is 1. The smallest absolute Gasteiger partial charge is 0.320 e. The molecule has 0 rings (SSSR count). The fourth-order valence-electron chi connectivity index (χ4n) is 1.05. The summed E-state index contributed by atoms with van der Waals surface area (Å²) in [6.07, 6.45) is 5.78. The lowest BCUT2D eigenvalue weighted by Gasteiger charge is -1.99. The normalized spacial score (nSPS) is 10.9. The van der Waals surface area contributed by atoms with E-state index in [0.717, 1.165) is 31.9 Å². The van der Waals surface area contributed by atoms with Gasteiger partial charge >= 0.3 is 5.97 Å². The minimum atomic E-state index is -0.965. The molecule has 0 aromatic heterocycles. The third kappa shape index (κ3) is 5.92. The lowest BCUT2D eigenvalue weighted by Crippen LogP contribution is -1.99. The second-order valence-corrected chi connectivity index (χ2v) is 2.90. The number of nitrogens with zero attached hydrogens (tertiary/aromatic N) is 1. The molecule has 0 aliphatic rings. The summed E-state index contributed by atoms with van der Waals surface area (Å²) < 4.78 is 0. The maximum atomic E-state index is 10.5. The predicted molar refractivity (Wildman–Crippen MR) is 51.1 cm³/mol. The monoisotopic (exact) mass is 181 g/mol. The van der Waals surface area contributed by atoms with E-state index < -0.39 is 5.97 Å². The van der Waals surface area contributed by atoms with Crippen LogP contribution in [-0.4, -0.2) is 11.1 Å². The van der Waals surface area contributed by atoms with E-state index in [1.807, 2.05) is 0 Å². The van der Waals surface area contributed by atoms with E-state index in [0.29, 0.717) is 6.42 Å². The van der Waals surface area contributed by atoms with Crippen LogP contribution < -0.4 is 0 Å². The van der Waals surface area contributed by atoms with Gasteiger partial charge in [0.2, 0.25) is 0 Å². The van der Waals surface area contributed by atoms with Crippen LogP contribution in [0.4, 0.5) is 0 Å². The Bertz CT molecular complexity index is 226. The molecular formula is C10H15NO2. The van der Waals surface area contributed by atoms with Crippen molar-refractivity contribution in [3.05, 3.63) is 23.2 Å². The van der Waals surface area contributed by atoms with Gasteiger partial charge in [0.1, 0.15) is 0 Å². The molecule has 0 amide bonds. The van der Waals surface area contributed by atoms with Crippen molar-refractivity contribution in [2.75, 3.05) is 0 Å². The number of carbonyl (C=O) groups is 1. The SMILES string of the molecule is [C-]#[N+]/C=C(/CCCCCC)C(=O)O. The zero-order valence-electron chi connectivity index (χ0n) is 7.92. The Kier molecular flexibility index (Phi) is 6.62. The van der Waals surface area contributed by atoms with Crippen molar-refractivity contribution in [2.45, 2.75) is 39.0 Å². The molecule has 13 heavy (non-hydrogen) atoms. The maximum Gasteiger partial charge on any atom is 0.320 e. The topological polar surface area (TPSA) is 41.7 Å². The first kappa shape index (κ1) is 11.7. The highest BCUT2D eigenvalue weighted by Crippen LogP contribution is 2.10. The van der Waals surface area contributed by atoms with E-state index in [-0.39, 0.29) is 5.57 Å². The molecule has 72 valence electrons. The van der Waals surface area contributed by atoms with Gasteiger partial charge < -0.3 is 5.11 Å². The summed E-state index contributed by atoms with van der Waals surface area (Å²) in [5.41, 5.74) is 0.228. The summed E-state index contributed by atoms with van der Waals surface area (Å²) in [6, 6.07) is 0. The molecular weight excluding hydrogens is 166 g/mol. The van der Waals surface area contributed by atoms with Gasteiger partial charge in [-0.15, -0.1) is 0 Å². The summed E-state index contributed by atoms with van der Waals surface area (Å²) >= 11 is 0. The van der Waals surface area contributed by atoms with Gasteiger partial charge in [0, 0.05) is 5.57 Å². The molecule has 0 spiro atoms. The highest BCUT2D eigenvalue weighted by Gasteiger charge is 2.05. The second-order valence-electron chi connectivity index (χ2n) is 2.90. The molecule has 0 unspecified atom stereocenters. The Morgan fingerprint density at radius 1 is 1.46 bits per heavy atom. The molecule has 0 fully saturated rings. The van der Waals surface area contributed by atoms with Crippen LogP contribution in [0.2, 0.25) is 0 Å². The van der Waals surface area contributed by atoms with E-state index in [4.69, 9.17) is 11.7 Å². The molecule has 0 saturated heterocycles. The quantitative estimate of drug-likeness (QED) is 0.389. The molecule has 1 N–H and O–H groups in total. The van der Waals surface area contributed by atoms with Gasteiger partial charge in [-0.2, -0.15) is 0 Å². The zero-order valence-corrected chi connectivity index (χ0v) is 7.92. The predicted octanol–water partition coefficient (Wildman–Crippen LogP) is 2.84. The molecule has 3 heteroatoms. The molecule has 0 heterocycles. The minimum absolute atomic E-state index is 0.228. The third-order valence-electron chi connectivity index (χ3n) is 1.79. The van der Waals surface area contributed by atoms with E-state index >= 15 is 0 Å². The summed E-state index contributed by atoms with van der Waals surface area (Å²) in [6.45, 7) is 8.63. The Balaban J connectivity index is 3.80. The van der Waals surface area contributed by atoms with Crippen molar-refractivity contribution >= 4 is 5.97 Å². The molecule has 0 bridgehead atoms. The van der Waals surface area contributed by atoms with Gasteiger partial charge in [-0.25, -0.2) is 9.64 Å². The number of rotatable bonds is 6. The van der Waals surface area contributed by atoms with Gasteiger partial charge in [0.25, 0.3) is 0 Å². The standard InChI is InChI=1S/C10H15NO2/c1-3-4-5-6-7-9(8-11-2)10(12)13/h8H,3-7H2,1H3,(H,12,13)/b9-8-. The van der Waals surface area contributed by atoms with Gasteiger partial charge in [0.15, 0.2) is 6.20 Å². The largest absolute Gasteiger partial charge is 0.479 e. The van der Waals surface area contributed by atoms with E-state index in [1.165, 1.54) is 0 Å². The molecule has 0 radical (unpaired) electrons. The van der Waals surface area contributed by atoms with Crippen molar-refractivity contribution in [1.82, 2.24) is 0 Å². The lowest BCUT2D eigenvalue weighted by molar-refractivity contribution is -0.132. The van der Waals surface area contributed by atoms with E-state index in [1.54, 1.807) is 0 Å². The van der Waals surface area contributed by atoms with E-state index in [2.05, 4.69) is 11.8 Å². The molecule has 0 aromatic rings. The second kappa shape index (κ2) is 7.35. The van der Waals surface area contributed by atoms with Gasteiger partial charge in [-0.1, -0.05) is 32.6 Å². The van der Waals surface area contributed by atoms with Crippen LogP contribution in [0.5, 0.6) is 0 Å². The van der Waals surface area contributed by atoms with Crippen LogP contribution in [0, 0.1) is 6.57 Å². The number of hydrogen-bond acceptors (Lipinski definition) is 1. The minimum Gasteiger partial charge on any atom is -0.479 e. The number of unbranched alkanes of at least 4 members (excludes halogenated alkanes) is 3. The first-order chi connectivity index (χ1) is 6.22. The van der Waals surface area contributed by atoms with Crippen LogP contribution >= 0.6 is 0 Å². The zero-order chi connectivity index (χ0) is 10.1. The number of carboxylic acid groups (broad SMARTS) is 1. The Morgan fingerprint density at radius 2 is 2.15 bits per heavy atom. The van der Waals surface area contributed by atoms with Crippen molar-refractivity contribution in [2.24, 2.45) is 0 Å². The van der Waals surface area contributed by atoms with Crippen molar-refractivity contribution in [3.8, 4) is 0 Å². The average Bonchev–Trinajstić information content (AvgIpc) is 2.10. The number of hydrogen-bond donors (Lipinski definition) is 1. The number of carboxylic acids is 1. The van der Waals surface area contributed by atoms with E-state index in [9.17, 15) is 4.79 Å². The van der Waals surface area contributed by atoms with Gasteiger partial charge in [-0.3, -0.25) is 0 Å². The summed E-state index contributed by atoms with van der Waals surface area (Å²) in [5, 5.41) is 8.65. The molecule has 0 atom stereocenters. The van der Waals surface area contributed by atoms with Gasteiger partial charge in [-0.05, 0) is 6.42 Å². The first-order valence-electron chi connectivity index (χ1n) is 4.51.